The summed E-state index contributed by atoms with van der Waals surface area (Å²) in [7, 11) is 0. The Kier molecular flexibility index (Phi) is 13.0. The summed E-state index contributed by atoms with van der Waals surface area (Å²) in [6, 6.07) is 0. The minimum Gasteiger partial charge on any atom is -0.478 e. The first-order valence-corrected chi connectivity index (χ1v) is 6.85. The van der Waals surface area contributed by atoms with E-state index in [2.05, 4.69) is 17.2 Å². The third-order valence-corrected chi connectivity index (χ3v) is 2.48. The molecule has 0 bridgehead atoms. The zero-order valence-corrected chi connectivity index (χ0v) is 11.4. The van der Waals surface area contributed by atoms with Crippen molar-refractivity contribution in [2.45, 2.75) is 45.4 Å². The van der Waals surface area contributed by atoms with Gasteiger partial charge in [0.25, 0.3) is 0 Å². The second kappa shape index (κ2) is 13.9. The van der Waals surface area contributed by atoms with Gasteiger partial charge in [0.15, 0.2) is 0 Å². The van der Waals surface area contributed by atoms with Crippen molar-refractivity contribution in [3.8, 4) is 0 Å². The fourth-order valence-corrected chi connectivity index (χ4v) is 1.49. The van der Waals surface area contributed by atoms with E-state index in [9.17, 15) is 4.79 Å². The second-order valence-electron chi connectivity index (χ2n) is 4.24. The van der Waals surface area contributed by atoms with E-state index in [1.165, 1.54) is 25.7 Å². The quantitative estimate of drug-likeness (QED) is 0.320. The van der Waals surface area contributed by atoms with Gasteiger partial charge in [0, 0.05) is 19.2 Å². The Morgan fingerprint density at radius 1 is 1.28 bits per heavy atom. The van der Waals surface area contributed by atoms with Crippen LogP contribution in [0.5, 0.6) is 0 Å². The Balaban J connectivity index is 3.15. The number of carbonyl (C=O) groups is 1. The predicted molar refractivity (Wildman–Crippen MR) is 76.4 cm³/mol. The molecule has 0 rings (SSSR count). The smallest absolute Gasteiger partial charge is 0.328 e. The fourth-order valence-electron chi connectivity index (χ4n) is 1.49. The molecule has 0 aliphatic rings. The van der Waals surface area contributed by atoms with Crippen LogP contribution in [-0.4, -0.2) is 36.9 Å². The number of nitrogens with one attached hydrogen (secondary N) is 1. The molecule has 0 spiro atoms. The molecule has 0 saturated carbocycles. The van der Waals surface area contributed by atoms with Crippen LogP contribution in [0.1, 0.15) is 45.4 Å². The maximum Gasteiger partial charge on any atom is 0.328 e. The molecule has 0 aliphatic heterocycles. The number of hydrogen-bond donors (Lipinski definition) is 2. The number of hydrogen-bond acceptors (Lipinski definition) is 3. The van der Waals surface area contributed by atoms with Gasteiger partial charge < -0.3 is 10.4 Å². The molecule has 2 N–H and O–H groups in total. The molecule has 0 aromatic rings. The predicted octanol–water partition coefficient (Wildman–Crippen LogP) is 2.65. The second-order valence-corrected chi connectivity index (χ2v) is 4.24. The van der Waals surface area contributed by atoms with Crippen LogP contribution in [0.4, 0.5) is 0 Å². The highest BCUT2D eigenvalue weighted by atomic mass is 16.4. The van der Waals surface area contributed by atoms with E-state index < -0.39 is 5.97 Å². The summed E-state index contributed by atoms with van der Waals surface area (Å²) in [4.78, 5) is 14.5. The Hall–Kier alpha value is -1.16. The van der Waals surface area contributed by atoms with Crippen molar-refractivity contribution in [3.05, 3.63) is 12.2 Å². The lowest BCUT2D eigenvalue weighted by Gasteiger charge is -1.98. The first-order valence-electron chi connectivity index (χ1n) is 6.85. The van der Waals surface area contributed by atoms with Crippen molar-refractivity contribution in [2.24, 2.45) is 4.99 Å². The summed E-state index contributed by atoms with van der Waals surface area (Å²) in [5.74, 6) is -0.899. The van der Waals surface area contributed by atoms with Gasteiger partial charge in [0.2, 0.25) is 0 Å². The molecule has 0 aromatic heterocycles. The SMILES string of the molecule is CCCCCCC=NCCCNCC=CC(=O)O. The summed E-state index contributed by atoms with van der Waals surface area (Å²) in [5, 5.41) is 11.5. The molecule has 4 nitrogen and oxygen atoms in total. The zero-order chi connectivity index (χ0) is 13.5. The van der Waals surface area contributed by atoms with Crippen LogP contribution >= 0.6 is 0 Å². The number of aliphatic carboxylic acids is 1. The number of carboxylic acid groups (broad SMARTS) is 1. The fraction of sp³-hybridized carbons (Fsp3) is 0.714. The summed E-state index contributed by atoms with van der Waals surface area (Å²) in [5.41, 5.74) is 0. The van der Waals surface area contributed by atoms with E-state index in [0.29, 0.717) is 6.54 Å². The van der Waals surface area contributed by atoms with Gasteiger partial charge in [-0.1, -0.05) is 32.3 Å². The van der Waals surface area contributed by atoms with Crippen LogP contribution in [0, 0.1) is 0 Å². The van der Waals surface area contributed by atoms with Crippen molar-refractivity contribution < 1.29 is 9.90 Å². The van der Waals surface area contributed by atoms with Crippen LogP contribution in [0.25, 0.3) is 0 Å². The van der Waals surface area contributed by atoms with Gasteiger partial charge in [0.1, 0.15) is 0 Å². The highest BCUT2D eigenvalue weighted by molar-refractivity contribution is 5.79. The molecular formula is C14H26N2O2. The maximum absolute atomic E-state index is 10.2. The Labute approximate surface area is 110 Å². The van der Waals surface area contributed by atoms with Gasteiger partial charge in [-0.15, -0.1) is 0 Å². The van der Waals surface area contributed by atoms with Gasteiger partial charge >= 0.3 is 5.97 Å². The van der Waals surface area contributed by atoms with E-state index in [1.54, 1.807) is 6.08 Å². The molecule has 18 heavy (non-hydrogen) atoms. The molecule has 0 unspecified atom stereocenters. The normalized spacial score (nSPS) is 11.6. The molecule has 0 saturated heterocycles. The van der Waals surface area contributed by atoms with Gasteiger partial charge in [-0.2, -0.15) is 0 Å². The van der Waals surface area contributed by atoms with Crippen LogP contribution < -0.4 is 5.32 Å². The minimum absolute atomic E-state index is 0.604. The Morgan fingerprint density at radius 3 is 2.83 bits per heavy atom. The van der Waals surface area contributed by atoms with E-state index in [4.69, 9.17) is 5.11 Å². The third-order valence-electron chi connectivity index (χ3n) is 2.48. The van der Waals surface area contributed by atoms with Crippen LogP contribution in [0.3, 0.4) is 0 Å². The van der Waals surface area contributed by atoms with Crippen molar-refractivity contribution in [1.82, 2.24) is 5.32 Å². The molecule has 0 radical (unpaired) electrons. The lowest BCUT2D eigenvalue weighted by Crippen LogP contribution is -2.16. The largest absolute Gasteiger partial charge is 0.478 e. The molecule has 104 valence electrons. The average molecular weight is 254 g/mol. The van der Waals surface area contributed by atoms with Gasteiger partial charge in [-0.05, 0) is 32.0 Å². The maximum atomic E-state index is 10.2. The monoisotopic (exact) mass is 254 g/mol. The molecular weight excluding hydrogens is 228 g/mol. The standard InChI is InChI=1S/C14H26N2O2/c1-2-3-4-5-6-10-15-12-8-13-16-11-7-9-14(17)18/h7,9-10,16H,2-6,8,11-13H2,1H3,(H,17,18). The Bertz CT molecular complexity index is 250. The van der Waals surface area contributed by atoms with Crippen LogP contribution in [-0.2, 0) is 4.79 Å². The highest BCUT2D eigenvalue weighted by Crippen LogP contribution is 2.00. The lowest BCUT2D eigenvalue weighted by atomic mass is 10.2. The van der Waals surface area contributed by atoms with Gasteiger partial charge in [-0.25, -0.2) is 4.79 Å². The third kappa shape index (κ3) is 14.8. The van der Waals surface area contributed by atoms with Crippen molar-refractivity contribution in [3.63, 3.8) is 0 Å². The number of nitrogens with zero attached hydrogens (tertiary/aromatic N) is 1. The Morgan fingerprint density at radius 2 is 2.11 bits per heavy atom. The van der Waals surface area contributed by atoms with Gasteiger partial charge in [0.05, 0.1) is 0 Å². The lowest BCUT2D eigenvalue weighted by molar-refractivity contribution is -0.131. The molecule has 0 fully saturated rings. The first-order chi connectivity index (χ1) is 8.77. The summed E-state index contributed by atoms with van der Waals surface area (Å²) in [6.45, 7) is 4.54. The van der Waals surface area contributed by atoms with Crippen LogP contribution in [0.15, 0.2) is 17.1 Å². The minimum atomic E-state index is -0.899. The first kappa shape index (κ1) is 16.8. The molecule has 0 aliphatic carbocycles. The molecule has 0 amide bonds. The van der Waals surface area contributed by atoms with Crippen molar-refractivity contribution >= 4 is 12.2 Å². The number of aliphatic imine (C=N–C) groups is 1. The van der Waals surface area contributed by atoms with Crippen molar-refractivity contribution in [2.75, 3.05) is 19.6 Å². The summed E-state index contributed by atoms with van der Waals surface area (Å²) < 4.78 is 0. The topological polar surface area (TPSA) is 61.7 Å². The van der Waals surface area contributed by atoms with Crippen LogP contribution in [0.2, 0.25) is 0 Å². The van der Waals surface area contributed by atoms with Gasteiger partial charge in [-0.3, -0.25) is 4.99 Å². The molecule has 4 heteroatoms. The molecule has 0 atom stereocenters. The number of rotatable bonds is 12. The van der Waals surface area contributed by atoms with E-state index >= 15 is 0 Å². The number of carboxylic acids is 1. The van der Waals surface area contributed by atoms with E-state index in [0.717, 1.165) is 32.0 Å². The van der Waals surface area contributed by atoms with E-state index in [1.807, 2.05) is 6.21 Å². The molecule has 0 heterocycles. The number of unbranched alkanes of at least 4 members (excludes halogenated alkanes) is 4. The zero-order valence-electron chi connectivity index (χ0n) is 11.4. The van der Waals surface area contributed by atoms with Crippen molar-refractivity contribution in [1.29, 1.82) is 0 Å². The highest BCUT2D eigenvalue weighted by Gasteiger charge is 1.87. The summed E-state index contributed by atoms with van der Waals surface area (Å²) in [6.07, 6.45) is 12.0. The molecule has 0 aromatic carbocycles. The summed E-state index contributed by atoms with van der Waals surface area (Å²) >= 11 is 0. The van der Waals surface area contributed by atoms with E-state index in [-0.39, 0.29) is 0 Å². The average Bonchev–Trinajstić information content (AvgIpc) is 2.34.